The highest BCUT2D eigenvalue weighted by Crippen LogP contribution is 2.55. The largest absolute Gasteiger partial charge is 0.459 e. The van der Waals surface area contributed by atoms with Crippen LogP contribution in [0.2, 0.25) is 0 Å². The molecule has 13 heavy (non-hydrogen) atoms. The van der Waals surface area contributed by atoms with Gasteiger partial charge in [0.05, 0.1) is 12.3 Å². The van der Waals surface area contributed by atoms with Gasteiger partial charge in [0.25, 0.3) is 0 Å². The van der Waals surface area contributed by atoms with E-state index in [0.29, 0.717) is 12.8 Å². The second-order valence-corrected chi connectivity index (χ2v) is 4.98. The van der Waals surface area contributed by atoms with Crippen LogP contribution in [0, 0.1) is 11.3 Å². The Bertz CT molecular complexity index is 275. The molecule has 0 N–H and O–H groups in total. The predicted molar refractivity (Wildman–Crippen MR) is 46.0 cm³/mol. The first-order chi connectivity index (χ1) is 5.85. The molecule has 0 unspecified atom stereocenters. The maximum absolute atomic E-state index is 11.4. The Hall–Kier alpha value is -0.860. The van der Waals surface area contributed by atoms with Gasteiger partial charge in [0.1, 0.15) is 11.4 Å². The lowest BCUT2D eigenvalue weighted by Gasteiger charge is -2.55. The third-order valence-corrected chi connectivity index (χ3v) is 3.22. The van der Waals surface area contributed by atoms with Crippen LogP contribution in [0.5, 0.6) is 0 Å². The van der Waals surface area contributed by atoms with Gasteiger partial charge in [-0.2, -0.15) is 0 Å². The van der Waals surface area contributed by atoms with Crippen molar-refractivity contribution >= 4 is 11.8 Å². The van der Waals surface area contributed by atoms with Crippen LogP contribution in [0.25, 0.3) is 0 Å². The molecule has 2 rings (SSSR count). The SMILES string of the molecule is CC1(C)OC(=O)C[C@@]2(C)CC(=O)[C@@H]12. The van der Waals surface area contributed by atoms with Crippen molar-refractivity contribution in [2.45, 2.75) is 39.2 Å². The quantitative estimate of drug-likeness (QED) is 0.530. The van der Waals surface area contributed by atoms with Crippen LogP contribution in [0.3, 0.4) is 0 Å². The smallest absolute Gasteiger partial charge is 0.306 e. The number of hydrogen-bond acceptors (Lipinski definition) is 3. The molecular formula is C10H14O3. The van der Waals surface area contributed by atoms with Crippen molar-refractivity contribution in [3.05, 3.63) is 0 Å². The first-order valence-corrected chi connectivity index (χ1v) is 4.60. The van der Waals surface area contributed by atoms with Crippen LogP contribution < -0.4 is 0 Å². The normalized spacial score (nSPS) is 41.9. The molecule has 0 aromatic heterocycles. The number of Topliss-reactive ketones (excluding diaryl/α,β-unsaturated/α-hetero) is 1. The molecule has 1 aliphatic carbocycles. The zero-order valence-electron chi connectivity index (χ0n) is 8.22. The molecule has 2 atom stereocenters. The number of fused-ring (bicyclic) bond motifs is 1. The fourth-order valence-electron chi connectivity index (χ4n) is 2.97. The molecule has 1 heterocycles. The summed E-state index contributed by atoms with van der Waals surface area (Å²) in [5, 5.41) is 0. The summed E-state index contributed by atoms with van der Waals surface area (Å²) in [6.07, 6.45) is 0.934. The van der Waals surface area contributed by atoms with Crippen LogP contribution >= 0.6 is 0 Å². The molecule has 3 heteroatoms. The van der Waals surface area contributed by atoms with E-state index in [1.54, 1.807) is 0 Å². The second-order valence-electron chi connectivity index (χ2n) is 4.98. The minimum atomic E-state index is -0.598. The molecule has 1 saturated heterocycles. The highest BCUT2D eigenvalue weighted by molar-refractivity contribution is 5.93. The van der Waals surface area contributed by atoms with Gasteiger partial charge in [0, 0.05) is 6.42 Å². The van der Waals surface area contributed by atoms with Gasteiger partial charge in [-0.3, -0.25) is 9.59 Å². The fraction of sp³-hybridized carbons (Fsp3) is 0.800. The Balaban J connectivity index is 2.34. The molecule has 2 aliphatic rings. The van der Waals surface area contributed by atoms with E-state index in [2.05, 4.69) is 0 Å². The molecule has 3 nitrogen and oxygen atoms in total. The lowest BCUT2D eigenvalue weighted by Crippen LogP contribution is -2.62. The summed E-state index contributed by atoms with van der Waals surface area (Å²) in [6, 6.07) is 0. The summed E-state index contributed by atoms with van der Waals surface area (Å²) < 4.78 is 5.18. The van der Waals surface area contributed by atoms with E-state index >= 15 is 0 Å². The summed E-state index contributed by atoms with van der Waals surface area (Å²) in [5.41, 5.74) is -0.727. The summed E-state index contributed by atoms with van der Waals surface area (Å²) in [4.78, 5) is 22.6. The maximum Gasteiger partial charge on any atom is 0.306 e. The van der Waals surface area contributed by atoms with E-state index in [1.165, 1.54) is 0 Å². The third-order valence-electron chi connectivity index (χ3n) is 3.22. The van der Waals surface area contributed by atoms with E-state index in [-0.39, 0.29) is 23.1 Å². The van der Waals surface area contributed by atoms with Gasteiger partial charge in [-0.25, -0.2) is 0 Å². The minimum Gasteiger partial charge on any atom is -0.459 e. The Morgan fingerprint density at radius 3 is 2.31 bits per heavy atom. The number of esters is 1. The van der Waals surface area contributed by atoms with Gasteiger partial charge >= 0.3 is 5.97 Å². The van der Waals surface area contributed by atoms with Crippen molar-refractivity contribution in [3.63, 3.8) is 0 Å². The summed E-state index contributed by atoms with van der Waals surface area (Å²) >= 11 is 0. The number of carbonyl (C=O) groups excluding carboxylic acids is 2. The second kappa shape index (κ2) is 2.14. The molecule has 1 saturated carbocycles. The Labute approximate surface area is 77.4 Å². The highest BCUT2D eigenvalue weighted by Gasteiger charge is 2.62. The molecule has 0 aromatic carbocycles. The highest BCUT2D eigenvalue weighted by atomic mass is 16.6. The molecule has 1 aliphatic heterocycles. The summed E-state index contributed by atoms with van der Waals surface area (Å²) in [5.74, 6) is -0.0195. The molecular weight excluding hydrogens is 168 g/mol. The number of carbonyl (C=O) groups is 2. The fourth-order valence-corrected chi connectivity index (χ4v) is 2.97. The van der Waals surface area contributed by atoms with Crippen LogP contribution in [0.15, 0.2) is 0 Å². The lowest BCUT2D eigenvalue weighted by atomic mass is 9.52. The third kappa shape index (κ3) is 1.02. The molecule has 0 radical (unpaired) electrons. The van der Waals surface area contributed by atoms with Gasteiger partial charge in [-0.15, -0.1) is 0 Å². The monoisotopic (exact) mass is 182 g/mol. The lowest BCUT2D eigenvalue weighted by molar-refractivity contribution is -0.203. The number of ketones is 1. The number of ether oxygens (including phenoxy) is 1. The van der Waals surface area contributed by atoms with E-state index in [4.69, 9.17) is 4.74 Å². The average molecular weight is 182 g/mol. The van der Waals surface area contributed by atoms with E-state index in [0.717, 1.165) is 0 Å². The Kier molecular flexibility index (Phi) is 1.44. The van der Waals surface area contributed by atoms with Crippen molar-refractivity contribution in [2.24, 2.45) is 11.3 Å². The van der Waals surface area contributed by atoms with Gasteiger partial charge < -0.3 is 4.74 Å². The zero-order valence-corrected chi connectivity index (χ0v) is 8.22. The van der Waals surface area contributed by atoms with Gasteiger partial charge in [0.2, 0.25) is 0 Å². The van der Waals surface area contributed by atoms with E-state index in [9.17, 15) is 9.59 Å². The minimum absolute atomic E-state index is 0.0855. The Morgan fingerprint density at radius 2 is 1.85 bits per heavy atom. The molecule has 2 fully saturated rings. The standard InChI is InChI=1S/C10H14O3/c1-9(2)8-6(11)4-10(8,3)5-7(12)13-9/h8H,4-5H2,1-3H3/t8-,10+/m0/s1. The summed E-state index contributed by atoms with van der Waals surface area (Å²) in [7, 11) is 0. The Morgan fingerprint density at radius 1 is 1.23 bits per heavy atom. The van der Waals surface area contributed by atoms with Crippen molar-refractivity contribution in [1.29, 1.82) is 0 Å². The van der Waals surface area contributed by atoms with Crippen LogP contribution in [0.4, 0.5) is 0 Å². The molecule has 72 valence electrons. The number of hydrogen-bond donors (Lipinski definition) is 0. The van der Waals surface area contributed by atoms with Gasteiger partial charge in [-0.05, 0) is 19.3 Å². The first-order valence-electron chi connectivity index (χ1n) is 4.60. The van der Waals surface area contributed by atoms with Crippen LogP contribution in [-0.2, 0) is 14.3 Å². The number of cyclic esters (lactones) is 1. The molecule has 0 spiro atoms. The van der Waals surface area contributed by atoms with Crippen molar-refractivity contribution in [2.75, 3.05) is 0 Å². The van der Waals surface area contributed by atoms with Gasteiger partial charge in [-0.1, -0.05) is 6.92 Å². The molecule has 0 aromatic rings. The van der Waals surface area contributed by atoms with E-state index < -0.39 is 5.60 Å². The molecule has 0 amide bonds. The number of rotatable bonds is 0. The summed E-state index contributed by atoms with van der Waals surface area (Å²) in [6.45, 7) is 5.65. The van der Waals surface area contributed by atoms with Crippen molar-refractivity contribution < 1.29 is 14.3 Å². The predicted octanol–water partition coefficient (Wildman–Crippen LogP) is 1.31. The van der Waals surface area contributed by atoms with E-state index in [1.807, 2.05) is 20.8 Å². The van der Waals surface area contributed by atoms with Crippen LogP contribution in [-0.4, -0.2) is 17.4 Å². The maximum atomic E-state index is 11.4. The average Bonchev–Trinajstić information content (AvgIpc) is 1.77. The van der Waals surface area contributed by atoms with Crippen LogP contribution in [0.1, 0.15) is 33.6 Å². The van der Waals surface area contributed by atoms with Gasteiger partial charge in [0.15, 0.2) is 0 Å². The molecule has 0 bridgehead atoms. The zero-order chi connectivity index (χ0) is 9.85. The topological polar surface area (TPSA) is 43.4 Å². The van der Waals surface area contributed by atoms with Crippen molar-refractivity contribution in [1.82, 2.24) is 0 Å². The van der Waals surface area contributed by atoms with Crippen molar-refractivity contribution in [3.8, 4) is 0 Å². The first kappa shape index (κ1) is 8.73.